The maximum Gasteiger partial charge on any atom is 0.308 e. The van der Waals surface area contributed by atoms with Gasteiger partial charge in [0.05, 0.1) is 37.0 Å². The molecule has 38 heavy (non-hydrogen) atoms. The molecule has 11 heteroatoms. The molecule has 1 aromatic heterocycles. The van der Waals surface area contributed by atoms with Crippen molar-refractivity contribution in [3.05, 3.63) is 74.7 Å². The minimum atomic E-state index is -0.721. The summed E-state index contributed by atoms with van der Waals surface area (Å²) in [6.45, 7) is 1.77. The summed E-state index contributed by atoms with van der Waals surface area (Å²) < 4.78 is 12.1. The molecule has 3 amide bonds. The molecule has 196 valence electrons. The van der Waals surface area contributed by atoms with Gasteiger partial charge in [-0.25, -0.2) is 4.90 Å². The van der Waals surface area contributed by atoms with Crippen molar-refractivity contribution < 1.29 is 23.9 Å². The first-order chi connectivity index (χ1) is 18.5. The van der Waals surface area contributed by atoms with Gasteiger partial charge < -0.3 is 14.4 Å². The first-order valence-corrected chi connectivity index (χ1v) is 14.0. The Morgan fingerprint density at radius 1 is 1.00 bits per heavy atom. The first-order valence-electron chi connectivity index (χ1n) is 12.3. The maximum atomic E-state index is 13.9. The molecule has 0 radical (unpaired) electrons. The van der Waals surface area contributed by atoms with Crippen molar-refractivity contribution in [1.82, 2.24) is 9.47 Å². The second-order valence-electron chi connectivity index (χ2n) is 9.28. The van der Waals surface area contributed by atoms with Crippen molar-refractivity contribution >= 4 is 46.5 Å². The molecule has 0 N–H and O–H groups in total. The number of benzene rings is 2. The predicted octanol–water partition coefficient (Wildman–Crippen LogP) is 2.57. The number of thioether (sulfide) groups is 1. The number of para-hydroxylation sites is 1. The average molecular weight is 552 g/mol. The number of nitrogens with zero attached hydrogens (tertiary/aromatic N) is 3. The van der Waals surface area contributed by atoms with Gasteiger partial charge >= 0.3 is 4.87 Å². The molecule has 3 aliphatic heterocycles. The number of aromatic nitrogens is 1. The second-order valence-corrected chi connectivity index (χ2v) is 11.4. The smallest absolute Gasteiger partial charge is 0.308 e. The quantitative estimate of drug-likeness (QED) is 0.450. The summed E-state index contributed by atoms with van der Waals surface area (Å²) >= 11 is 2.27. The minimum Gasteiger partial charge on any atom is -0.497 e. The van der Waals surface area contributed by atoms with Gasteiger partial charge in [-0.3, -0.25) is 23.7 Å². The molecule has 6 rings (SSSR count). The summed E-state index contributed by atoms with van der Waals surface area (Å²) in [5.74, 6) is -1.30. The van der Waals surface area contributed by atoms with E-state index in [1.54, 1.807) is 36.3 Å². The number of rotatable bonds is 5. The van der Waals surface area contributed by atoms with E-state index in [-0.39, 0.29) is 29.1 Å². The molecule has 3 aliphatic rings. The van der Waals surface area contributed by atoms with E-state index in [0.717, 1.165) is 16.9 Å². The lowest BCUT2D eigenvalue weighted by molar-refractivity contribution is -0.136. The number of amides is 3. The number of carbonyl (C=O) groups is 3. The van der Waals surface area contributed by atoms with Crippen molar-refractivity contribution in [2.45, 2.75) is 22.7 Å². The first kappa shape index (κ1) is 24.9. The van der Waals surface area contributed by atoms with Crippen molar-refractivity contribution in [3.8, 4) is 5.75 Å². The fraction of sp³-hybridized carbons (Fsp3) is 0.333. The predicted molar refractivity (Wildman–Crippen MR) is 143 cm³/mol. The number of methoxy groups -OCH3 is 1. The van der Waals surface area contributed by atoms with E-state index in [4.69, 9.17) is 9.47 Å². The highest BCUT2D eigenvalue weighted by Gasteiger charge is 2.56. The van der Waals surface area contributed by atoms with Gasteiger partial charge in [0.2, 0.25) is 17.7 Å². The zero-order valence-corrected chi connectivity index (χ0v) is 22.2. The number of morpholine rings is 1. The Morgan fingerprint density at radius 3 is 2.39 bits per heavy atom. The third-order valence-corrected chi connectivity index (χ3v) is 9.80. The van der Waals surface area contributed by atoms with Crippen molar-refractivity contribution in [2.24, 2.45) is 5.92 Å². The van der Waals surface area contributed by atoms with E-state index in [0.29, 0.717) is 47.6 Å². The zero-order chi connectivity index (χ0) is 26.4. The van der Waals surface area contributed by atoms with Crippen LogP contribution in [-0.2, 0) is 25.7 Å². The fourth-order valence-corrected chi connectivity index (χ4v) is 8.08. The summed E-state index contributed by atoms with van der Waals surface area (Å²) in [7, 11) is 1.58. The highest BCUT2D eigenvalue weighted by atomic mass is 32.2. The van der Waals surface area contributed by atoms with Gasteiger partial charge in [0.15, 0.2) is 0 Å². The van der Waals surface area contributed by atoms with Crippen LogP contribution in [0, 0.1) is 5.92 Å². The van der Waals surface area contributed by atoms with Crippen LogP contribution in [0.5, 0.6) is 5.75 Å². The summed E-state index contributed by atoms with van der Waals surface area (Å²) in [6, 6.07) is 16.3. The van der Waals surface area contributed by atoms with E-state index in [2.05, 4.69) is 0 Å². The van der Waals surface area contributed by atoms with Crippen LogP contribution < -0.4 is 14.5 Å². The van der Waals surface area contributed by atoms with E-state index in [1.165, 1.54) is 21.2 Å². The molecular formula is C27H25N3O6S2. The van der Waals surface area contributed by atoms with Gasteiger partial charge in [-0.15, -0.1) is 0 Å². The van der Waals surface area contributed by atoms with Crippen molar-refractivity contribution in [3.63, 3.8) is 0 Å². The third kappa shape index (κ3) is 4.14. The lowest BCUT2D eigenvalue weighted by atomic mass is 9.83. The highest BCUT2D eigenvalue weighted by Crippen LogP contribution is 2.54. The molecule has 4 heterocycles. The SMILES string of the molecule is COc1ccc([C@@H]2c3sc(=O)n(CC(=O)N4CCOCC4)c3S[C@H]3C(=O)N(c4ccccc4)C(=O)[C@@H]23)cc1. The third-order valence-electron chi connectivity index (χ3n) is 7.20. The monoisotopic (exact) mass is 551 g/mol. The van der Waals surface area contributed by atoms with Crippen LogP contribution in [0.3, 0.4) is 0 Å². The average Bonchev–Trinajstić information content (AvgIpc) is 3.40. The Bertz CT molecular complexity index is 1450. The molecule has 0 spiro atoms. The summed E-state index contributed by atoms with van der Waals surface area (Å²) in [5, 5.41) is -0.138. The van der Waals surface area contributed by atoms with Gasteiger partial charge in [0, 0.05) is 23.9 Å². The number of hydrogen-bond acceptors (Lipinski definition) is 8. The molecule has 0 bridgehead atoms. The fourth-order valence-electron chi connectivity index (χ4n) is 5.31. The summed E-state index contributed by atoms with van der Waals surface area (Å²) in [5.41, 5.74) is 1.33. The van der Waals surface area contributed by atoms with Crippen molar-refractivity contribution in [1.29, 1.82) is 0 Å². The maximum absolute atomic E-state index is 13.9. The molecule has 2 fully saturated rings. The zero-order valence-electron chi connectivity index (χ0n) is 20.6. The highest BCUT2D eigenvalue weighted by molar-refractivity contribution is 8.00. The summed E-state index contributed by atoms with van der Waals surface area (Å²) in [6.07, 6.45) is 0. The number of ether oxygens (including phenoxy) is 2. The molecule has 3 atom stereocenters. The molecule has 0 aliphatic carbocycles. The van der Waals surface area contributed by atoms with E-state index >= 15 is 0 Å². The Morgan fingerprint density at radius 2 is 1.71 bits per heavy atom. The van der Waals surface area contributed by atoms with Gasteiger partial charge in [-0.1, -0.05) is 53.4 Å². The molecular weight excluding hydrogens is 526 g/mol. The molecule has 2 aromatic carbocycles. The normalized spacial score (nSPS) is 22.8. The molecule has 0 unspecified atom stereocenters. The number of anilines is 1. The van der Waals surface area contributed by atoms with Crippen LogP contribution in [-0.4, -0.2) is 65.9 Å². The topological polar surface area (TPSA) is 98.2 Å². The van der Waals surface area contributed by atoms with E-state index < -0.39 is 17.1 Å². The molecule has 2 saturated heterocycles. The van der Waals surface area contributed by atoms with Crippen LogP contribution in [0.25, 0.3) is 0 Å². The Hall–Kier alpha value is -3.41. The Kier molecular flexibility index (Phi) is 6.58. The molecule has 0 saturated carbocycles. The number of hydrogen-bond donors (Lipinski definition) is 0. The molecule has 3 aromatic rings. The number of thiazole rings is 1. The van der Waals surface area contributed by atoms with Crippen molar-refractivity contribution in [2.75, 3.05) is 38.3 Å². The van der Waals surface area contributed by atoms with E-state index in [1.807, 2.05) is 30.3 Å². The van der Waals surface area contributed by atoms with Crippen LogP contribution in [0.4, 0.5) is 5.69 Å². The van der Waals surface area contributed by atoms with Crippen LogP contribution in [0.15, 0.2) is 64.4 Å². The lowest BCUT2D eigenvalue weighted by Crippen LogP contribution is -2.43. The van der Waals surface area contributed by atoms with Crippen LogP contribution in [0.1, 0.15) is 16.4 Å². The van der Waals surface area contributed by atoms with E-state index in [9.17, 15) is 19.2 Å². The Balaban J connectivity index is 1.43. The van der Waals surface area contributed by atoms with Gasteiger partial charge in [-0.05, 0) is 29.8 Å². The number of carbonyl (C=O) groups excluding carboxylic acids is 3. The Labute approximate surface area is 226 Å². The standard InChI is InChI=1S/C27H25N3O6S2/c1-35-18-9-7-16(8-10-18)20-21-22(25(33)30(24(21)32)17-5-3-2-4-6-17)37-26-23(20)38-27(34)29(26)15-19(31)28-11-13-36-14-12-28/h2-10,20-22H,11-15H2,1H3/t20-,21-,22+/m0/s1. The minimum absolute atomic E-state index is 0.116. The van der Waals surface area contributed by atoms with Gasteiger partial charge in [0.25, 0.3) is 0 Å². The molecule has 9 nitrogen and oxygen atoms in total. The summed E-state index contributed by atoms with van der Waals surface area (Å²) in [4.78, 5) is 57.3. The van der Waals surface area contributed by atoms with Crippen LogP contribution >= 0.6 is 23.1 Å². The van der Waals surface area contributed by atoms with Gasteiger partial charge in [0.1, 0.15) is 17.5 Å². The lowest BCUT2D eigenvalue weighted by Gasteiger charge is -2.31. The van der Waals surface area contributed by atoms with Crippen LogP contribution in [0.2, 0.25) is 0 Å². The second kappa shape index (κ2) is 10.0. The largest absolute Gasteiger partial charge is 0.497 e. The number of imide groups is 1. The van der Waals surface area contributed by atoms with Gasteiger partial charge in [-0.2, -0.15) is 0 Å². The number of fused-ring (bicyclic) bond motifs is 2.